The van der Waals surface area contributed by atoms with E-state index in [0.29, 0.717) is 6.61 Å². The Bertz CT molecular complexity index is 163. The standard InChI is InChI=1S/C12H25NO2/c1-5-7-11(8-6-2)12(14)15-10-9-13(3)4/h11H,5-10H2,1-4H3. The maximum absolute atomic E-state index is 11.7. The maximum Gasteiger partial charge on any atom is 0.308 e. The van der Waals surface area contributed by atoms with E-state index in [1.165, 1.54) is 0 Å². The number of carbonyl (C=O) groups is 1. The van der Waals surface area contributed by atoms with Gasteiger partial charge in [0.25, 0.3) is 0 Å². The quantitative estimate of drug-likeness (QED) is 0.582. The molecule has 0 amide bonds. The Labute approximate surface area is 93.8 Å². The van der Waals surface area contributed by atoms with Crippen LogP contribution in [0.1, 0.15) is 39.5 Å². The summed E-state index contributed by atoms with van der Waals surface area (Å²) in [5.74, 6) is 0.0997. The highest BCUT2D eigenvalue weighted by Crippen LogP contribution is 2.15. The molecule has 0 fully saturated rings. The van der Waals surface area contributed by atoms with Gasteiger partial charge >= 0.3 is 5.97 Å². The van der Waals surface area contributed by atoms with Gasteiger partial charge in [-0.05, 0) is 26.9 Å². The van der Waals surface area contributed by atoms with Crippen molar-refractivity contribution in [1.29, 1.82) is 0 Å². The van der Waals surface area contributed by atoms with Gasteiger partial charge in [-0.2, -0.15) is 0 Å². The first-order chi connectivity index (χ1) is 7.11. The van der Waals surface area contributed by atoms with Gasteiger partial charge in [0.05, 0.1) is 5.92 Å². The Kier molecular flexibility index (Phi) is 8.38. The summed E-state index contributed by atoms with van der Waals surface area (Å²) in [5.41, 5.74) is 0. The molecule has 0 saturated heterocycles. The van der Waals surface area contributed by atoms with Crippen LogP contribution in [0.4, 0.5) is 0 Å². The zero-order valence-electron chi connectivity index (χ0n) is 10.6. The maximum atomic E-state index is 11.7. The molecule has 0 aliphatic rings. The molecular formula is C12H25NO2. The highest BCUT2D eigenvalue weighted by molar-refractivity contribution is 5.72. The van der Waals surface area contributed by atoms with E-state index in [2.05, 4.69) is 13.8 Å². The van der Waals surface area contributed by atoms with Crippen molar-refractivity contribution in [3.8, 4) is 0 Å². The number of nitrogens with zero attached hydrogens (tertiary/aromatic N) is 1. The molecule has 3 heteroatoms. The molecule has 0 aromatic heterocycles. The number of rotatable bonds is 8. The van der Waals surface area contributed by atoms with Gasteiger partial charge in [0.15, 0.2) is 0 Å². The molecule has 0 aromatic carbocycles. The number of carbonyl (C=O) groups excluding carboxylic acids is 1. The summed E-state index contributed by atoms with van der Waals surface area (Å²) in [4.78, 5) is 13.7. The Morgan fingerprint density at radius 2 is 1.73 bits per heavy atom. The molecule has 90 valence electrons. The lowest BCUT2D eigenvalue weighted by atomic mass is 9.99. The van der Waals surface area contributed by atoms with Crippen LogP contribution in [-0.4, -0.2) is 38.1 Å². The normalized spacial score (nSPS) is 11.1. The molecular weight excluding hydrogens is 190 g/mol. The summed E-state index contributed by atoms with van der Waals surface area (Å²) >= 11 is 0. The Balaban J connectivity index is 3.80. The van der Waals surface area contributed by atoms with E-state index in [9.17, 15) is 4.79 Å². The van der Waals surface area contributed by atoms with Gasteiger partial charge in [0.1, 0.15) is 6.61 Å². The number of esters is 1. The Morgan fingerprint density at radius 1 is 1.20 bits per heavy atom. The smallest absolute Gasteiger partial charge is 0.308 e. The third-order valence-corrected chi connectivity index (χ3v) is 2.39. The van der Waals surface area contributed by atoms with Crippen LogP contribution in [0, 0.1) is 5.92 Å². The van der Waals surface area contributed by atoms with Crippen LogP contribution in [0.3, 0.4) is 0 Å². The van der Waals surface area contributed by atoms with Crippen molar-refractivity contribution in [3.63, 3.8) is 0 Å². The van der Waals surface area contributed by atoms with Gasteiger partial charge in [-0.1, -0.05) is 26.7 Å². The van der Waals surface area contributed by atoms with Gasteiger partial charge < -0.3 is 9.64 Å². The number of likely N-dealkylation sites (N-methyl/N-ethyl adjacent to an activating group) is 1. The fraction of sp³-hybridized carbons (Fsp3) is 0.917. The molecule has 0 aromatic rings. The Hall–Kier alpha value is -0.570. The third kappa shape index (κ3) is 7.37. The molecule has 0 radical (unpaired) electrons. The summed E-state index contributed by atoms with van der Waals surface area (Å²) in [6, 6.07) is 0. The van der Waals surface area contributed by atoms with E-state index < -0.39 is 0 Å². The molecule has 15 heavy (non-hydrogen) atoms. The van der Waals surface area contributed by atoms with E-state index in [0.717, 1.165) is 32.2 Å². The van der Waals surface area contributed by atoms with Crippen LogP contribution in [0.15, 0.2) is 0 Å². The van der Waals surface area contributed by atoms with Crippen molar-refractivity contribution in [2.24, 2.45) is 5.92 Å². The predicted octanol–water partition coefficient (Wildman–Crippen LogP) is 2.31. The molecule has 0 heterocycles. The van der Waals surface area contributed by atoms with Crippen LogP contribution in [0.5, 0.6) is 0 Å². The van der Waals surface area contributed by atoms with Crippen molar-refractivity contribution in [1.82, 2.24) is 4.90 Å². The van der Waals surface area contributed by atoms with Gasteiger partial charge in [-0.15, -0.1) is 0 Å². The summed E-state index contributed by atoms with van der Waals surface area (Å²) in [5, 5.41) is 0. The predicted molar refractivity (Wildman–Crippen MR) is 62.8 cm³/mol. The molecule has 3 nitrogen and oxygen atoms in total. The van der Waals surface area contributed by atoms with Crippen molar-refractivity contribution in [3.05, 3.63) is 0 Å². The van der Waals surface area contributed by atoms with Gasteiger partial charge in [-0.3, -0.25) is 4.79 Å². The zero-order chi connectivity index (χ0) is 11.7. The highest BCUT2D eigenvalue weighted by atomic mass is 16.5. The average molecular weight is 215 g/mol. The third-order valence-electron chi connectivity index (χ3n) is 2.39. The SMILES string of the molecule is CCCC(CCC)C(=O)OCCN(C)C. The molecule has 0 rings (SSSR count). The van der Waals surface area contributed by atoms with Crippen LogP contribution in [0.2, 0.25) is 0 Å². The molecule has 0 aliphatic carbocycles. The summed E-state index contributed by atoms with van der Waals surface area (Å²) in [6.45, 7) is 5.53. The second-order valence-corrected chi connectivity index (χ2v) is 4.25. The molecule has 0 bridgehead atoms. The summed E-state index contributed by atoms with van der Waals surface area (Å²) in [6.07, 6.45) is 4.00. The second kappa shape index (κ2) is 8.72. The Morgan fingerprint density at radius 3 is 2.13 bits per heavy atom. The van der Waals surface area contributed by atoms with Crippen molar-refractivity contribution in [2.45, 2.75) is 39.5 Å². The van der Waals surface area contributed by atoms with Gasteiger partial charge in [0.2, 0.25) is 0 Å². The van der Waals surface area contributed by atoms with Gasteiger partial charge in [-0.25, -0.2) is 0 Å². The minimum atomic E-state index is -0.0134. The van der Waals surface area contributed by atoms with E-state index in [-0.39, 0.29) is 11.9 Å². The molecule has 0 unspecified atom stereocenters. The second-order valence-electron chi connectivity index (χ2n) is 4.25. The van der Waals surface area contributed by atoms with Crippen LogP contribution >= 0.6 is 0 Å². The number of ether oxygens (including phenoxy) is 1. The zero-order valence-corrected chi connectivity index (χ0v) is 10.6. The first-order valence-corrected chi connectivity index (χ1v) is 5.93. The first kappa shape index (κ1) is 14.4. The minimum absolute atomic E-state index is 0.0134. The van der Waals surface area contributed by atoms with E-state index >= 15 is 0 Å². The van der Waals surface area contributed by atoms with Crippen molar-refractivity contribution < 1.29 is 9.53 Å². The fourth-order valence-corrected chi connectivity index (χ4v) is 1.52. The monoisotopic (exact) mass is 215 g/mol. The van der Waals surface area contributed by atoms with Crippen molar-refractivity contribution in [2.75, 3.05) is 27.2 Å². The highest BCUT2D eigenvalue weighted by Gasteiger charge is 2.17. The van der Waals surface area contributed by atoms with Crippen LogP contribution < -0.4 is 0 Å². The van der Waals surface area contributed by atoms with Crippen molar-refractivity contribution >= 4 is 5.97 Å². The van der Waals surface area contributed by atoms with E-state index in [1.807, 2.05) is 19.0 Å². The lowest BCUT2D eigenvalue weighted by molar-refractivity contribution is -0.149. The first-order valence-electron chi connectivity index (χ1n) is 5.93. The summed E-state index contributed by atoms with van der Waals surface area (Å²) < 4.78 is 5.24. The van der Waals surface area contributed by atoms with Crippen LogP contribution in [0.25, 0.3) is 0 Å². The summed E-state index contributed by atoms with van der Waals surface area (Å²) in [7, 11) is 3.95. The fourth-order valence-electron chi connectivity index (χ4n) is 1.52. The molecule has 0 aliphatic heterocycles. The van der Waals surface area contributed by atoms with E-state index in [4.69, 9.17) is 4.74 Å². The lowest BCUT2D eigenvalue weighted by Gasteiger charge is -2.15. The topological polar surface area (TPSA) is 29.5 Å². The molecule has 0 N–H and O–H groups in total. The number of hydrogen-bond donors (Lipinski definition) is 0. The largest absolute Gasteiger partial charge is 0.464 e. The van der Waals surface area contributed by atoms with E-state index in [1.54, 1.807) is 0 Å². The molecule has 0 atom stereocenters. The van der Waals surface area contributed by atoms with Crippen LogP contribution in [-0.2, 0) is 9.53 Å². The average Bonchev–Trinajstić information content (AvgIpc) is 2.16. The molecule has 0 saturated carbocycles. The minimum Gasteiger partial charge on any atom is -0.464 e. The number of hydrogen-bond acceptors (Lipinski definition) is 3. The molecule has 0 spiro atoms. The lowest BCUT2D eigenvalue weighted by Crippen LogP contribution is -2.24. The van der Waals surface area contributed by atoms with Gasteiger partial charge in [0, 0.05) is 6.54 Å².